The van der Waals surface area contributed by atoms with Gasteiger partial charge in [-0.1, -0.05) is 11.8 Å². The summed E-state index contributed by atoms with van der Waals surface area (Å²) >= 11 is 0.978. The van der Waals surface area contributed by atoms with Crippen LogP contribution in [-0.2, 0) is 4.79 Å². The Labute approximate surface area is 155 Å². The Hall–Kier alpha value is -3.08. The summed E-state index contributed by atoms with van der Waals surface area (Å²) in [7, 11) is 0. The number of phenols is 1. The molecule has 0 aliphatic rings. The molecule has 1 atom stereocenters. The fourth-order valence-corrected chi connectivity index (χ4v) is 2.88. The fourth-order valence-electron chi connectivity index (χ4n) is 2.08. The molecule has 2 aromatic carbocycles. The van der Waals surface area contributed by atoms with Gasteiger partial charge in [0.15, 0.2) is 17.5 Å². The van der Waals surface area contributed by atoms with Crippen molar-refractivity contribution in [1.29, 1.82) is 0 Å². The number of rotatable bonds is 5. The Bertz CT molecular complexity index is 981. The fraction of sp³-hybridized carbons (Fsp3) is 0.125. The molecular formula is C16H12F3N5O2S. The molecule has 7 nitrogen and oxygen atoms in total. The van der Waals surface area contributed by atoms with E-state index in [0.717, 1.165) is 23.9 Å². The van der Waals surface area contributed by atoms with Crippen molar-refractivity contribution in [3.05, 3.63) is 53.8 Å². The highest BCUT2D eigenvalue weighted by molar-refractivity contribution is 8.00. The Morgan fingerprint density at radius 1 is 1.15 bits per heavy atom. The maximum absolute atomic E-state index is 13.7. The molecule has 0 fully saturated rings. The molecule has 140 valence electrons. The van der Waals surface area contributed by atoms with Crippen molar-refractivity contribution in [2.45, 2.75) is 17.3 Å². The minimum Gasteiger partial charge on any atom is -0.508 e. The van der Waals surface area contributed by atoms with Gasteiger partial charge < -0.3 is 10.4 Å². The molecule has 0 bridgehead atoms. The third kappa shape index (κ3) is 4.03. The van der Waals surface area contributed by atoms with Crippen LogP contribution in [-0.4, -0.2) is 36.5 Å². The molecule has 0 aliphatic heterocycles. The largest absolute Gasteiger partial charge is 0.508 e. The number of benzene rings is 2. The highest BCUT2D eigenvalue weighted by Gasteiger charge is 2.22. The minimum absolute atomic E-state index is 0.0716. The number of thioether (sulfide) groups is 1. The molecule has 1 aromatic heterocycles. The lowest BCUT2D eigenvalue weighted by Crippen LogP contribution is -2.23. The molecule has 0 saturated heterocycles. The van der Waals surface area contributed by atoms with Crippen LogP contribution in [0.3, 0.4) is 0 Å². The third-order valence-electron chi connectivity index (χ3n) is 3.48. The van der Waals surface area contributed by atoms with E-state index in [1.165, 1.54) is 23.7 Å². The summed E-state index contributed by atoms with van der Waals surface area (Å²) in [5.41, 5.74) is 0.0871. The van der Waals surface area contributed by atoms with E-state index in [2.05, 4.69) is 20.8 Å². The Morgan fingerprint density at radius 2 is 1.85 bits per heavy atom. The maximum Gasteiger partial charge on any atom is 0.237 e. The van der Waals surface area contributed by atoms with Crippen LogP contribution in [0.25, 0.3) is 5.69 Å². The highest BCUT2D eigenvalue weighted by Crippen LogP contribution is 2.26. The molecule has 3 aromatic rings. The number of nitrogens with zero attached hydrogens (tertiary/aromatic N) is 4. The number of carbonyl (C=O) groups is 1. The van der Waals surface area contributed by atoms with Crippen LogP contribution in [0.5, 0.6) is 5.75 Å². The lowest BCUT2D eigenvalue weighted by molar-refractivity contribution is -0.115. The highest BCUT2D eigenvalue weighted by atomic mass is 32.2. The number of anilines is 1. The van der Waals surface area contributed by atoms with Crippen LogP contribution in [0, 0.1) is 17.5 Å². The molecule has 0 unspecified atom stereocenters. The number of aromatic hydroxyl groups is 1. The number of nitrogens with one attached hydrogen (secondary N) is 1. The lowest BCUT2D eigenvalue weighted by atomic mass is 10.2. The molecule has 1 amide bonds. The van der Waals surface area contributed by atoms with Gasteiger partial charge in [-0.15, -0.1) is 5.10 Å². The number of carbonyl (C=O) groups excluding carboxylic acids is 1. The van der Waals surface area contributed by atoms with Crippen molar-refractivity contribution >= 4 is 23.4 Å². The van der Waals surface area contributed by atoms with Crippen molar-refractivity contribution < 1.29 is 23.1 Å². The maximum atomic E-state index is 13.7. The molecule has 11 heteroatoms. The van der Waals surface area contributed by atoms with E-state index in [0.29, 0.717) is 5.69 Å². The first kappa shape index (κ1) is 18.7. The second kappa shape index (κ2) is 7.66. The Morgan fingerprint density at radius 3 is 2.56 bits per heavy atom. The van der Waals surface area contributed by atoms with E-state index in [9.17, 15) is 23.1 Å². The summed E-state index contributed by atoms with van der Waals surface area (Å²) in [5, 5.41) is 22.2. The standard InChI is InChI=1S/C16H12F3N5O2S/c1-8(15(26)20-12-7-6-11(17)13(18)14(12)19)27-16-21-22-23-24(16)9-2-4-10(25)5-3-9/h2-8,25H,1H3,(H,20,26)/t8-/m0/s1. The third-order valence-corrected chi connectivity index (χ3v) is 4.51. The van der Waals surface area contributed by atoms with E-state index in [-0.39, 0.29) is 10.9 Å². The second-order valence-corrected chi connectivity index (χ2v) is 6.67. The van der Waals surface area contributed by atoms with Gasteiger partial charge in [-0.3, -0.25) is 4.79 Å². The average Bonchev–Trinajstić information content (AvgIpc) is 3.10. The summed E-state index contributed by atoms with van der Waals surface area (Å²) in [6, 6.07) is 7.72. The molecule has 0 saturated carbocycles. The molecule has 0 aliphatic carbocycles. The first-order chi connectivity index (χ1) is 12.9. The van der Waals surface area contributed by atoms with Crippen LogP contribution in [0.2, 0.25) is 0 Å². The van der Waals surface area contributed by atoms with Gasteiger partial charge in [-0.2, -0.15) is 4.68 Å². The van der Waals surface area contributed by atoms with E-state index in [1.54, 1.807) is 12.1 Å². The normalized spacial score (nSPS) is 12.0. The zero-order valence-corrected chi connectivity index (χ0v) is 14.5. The average molecular weight is 395 g/mol. The summed E-state index contributed by atoms with van der Waals surface area (Å²) in [6.45, 7) is 1.52. The van der Waals surface area contributed by atoms with Gasteiger partial charge in [0.05, 0.1) is 16.6 Å². The van der Waals surface area contributed by atoms with Crippen LogP contribution in [0.4, 0.5) is 18.9 Å². The van der Waals surface area contributed by atoms with Crippen LogP contribution < -0.4 is 5.32 Å². The van der Waals surface area contributed by atoms with Gasteiger partial charge in [0.2, 0.25) is 11.1 Å². The van der Waals surface area contributed by atoms with Gasteiger partial charge >= 0.3 is 0 Å². The molecular weight excluding hydrogens is 383 g/mol. The van der Waals surface area contributed by atoms with Crippen LogP contribution >= 0.6 is 11.8 Å². The minimum atomic E-state index is -1.66. The number of phenolic OH excluding ortho intramolecular Hbond substituents is 1. The zero-order chi connectivity index (χ0) is 19.6. The van der Waals surface area contributed by atoms with Crippen molar-refractivity contribution in [2.24, 2.45) is 0 Å². The topological polar surface area (TPSA) is 92.9 Å². The predicted molar refractivity (Wildman–Crippen MR) is 91.1 cm³/mol. The number of hydrogen-bond acceptors (Lipinski definition) is 6. The summed E-state index contributed by atoms with van der Waals surface area (Å²) < 4.78 is 41.3. The summed E-state index contributed by atoms with van der Waals surface area (Å²) in [6.07, 6.45) is 0. The molecule has 1 heterocycles. The smallest absolute Gasteiger partial charge is 0.237 e. The monoisotopic (exact) mass is 395 g/mol. The lowest BCUT2D eigenvalue weighted by Gasteiger charge is -2.12. The van der Waals surface area contributed by atoms with Crippen molar-refractivity contribution in [2.75, 3.05) is 5.32 Å². The number of hydrogen-bond donors (Lipinski definition) is 2. The van der Waals surface area contributed by atoms with Crippen molar-refractivity contribution in [1.82, 2.24) is 20.2 Å². The van der Waals surface area contributed by atoms with Crippen LogP contribution in [0.15, 0.2) is 41.6 Å². The number of amides is 1. The number of tetrazole rings is 1. The zero-order valence-electron chi connectivity index (χ0n) is 13.7. The van der Waals surface area contributed by atoms with Gasteiger partial charge in [0.25, 0.3) is 0 Å². The van der Waals surface area contributed by atoms with Crippen molar-refractivity contribution in [3.63, 3.8) is 0 Å². The summed E-state index contributed by atoms with van der Waals surface area (Å²) in [5.74, 6) is -5.06. The van der Waals surface area contributed by atoms with Crippen molar-refractivity contribution in [3.8, 4) is 11.4 Å². The SMILES string of the molecule is C[C@H](Sc1nnnn1-c1ccc(O)cc1)C(=O)Nc1ccc(F)c(F)c1F. The molecule has 27 heavy (non-hydrogen) atoms. The number of aromatic nitrogens is 4. The van der Waals surface area contributed by atoms with E-state index in [1.807, 2.05) is 0 Å². The second-order valence-electron chi connectivity index (χ2n) is 5.36. The molecule has 0 radical (unpaired) electrons. The molecule has 2 N–H and O–H groups in total. The molecule has 3 rings (SSSR count). The van der Waals surface area contributed by atoms with E-state index in [4.69, 9.17) is 0 Å². The predicted octanol–water partition coefficient (Wildman–Crippen LogP) is 2.90. The molecule has 0 spiro atoms. The first-order valence-corrected chi connectivity index (χ1v) is 8.43. The van der Waals surface area contributed by atoms with Gasteiger partial charge in [-0.25, -0.2) is 13.2 Å². The summed E-state index contributed by atoms with van der Waals surface area (Å²) in [4.78, 5) is 12.3. The van der Waals surface area contributed by atoms with Gasteiger partial charge in [0.1, 0.15) is 5.75 Å². The Balaban J connectivity index is 1.74. The van der Waals surface area contributed by atoms with Gasteiger partial charge in [0, 0.05) is 0 Å². The van der Waals surface area contributed by atoms with Crippen LogP contribution in [0.1, 0.15) is 6.92 Å². The Kier molecular flexibility index (Phi) is 5.31. The first-order valence-electron chi connectivity index (χ1n) is 7.55. The van der Waals surface area contributed by atoms with E-state index >= 15 is 0 Å². The number of halogens is 3. The quantitative estimate of drug-likeness (QED) is 0.510. The van der Waals surface area contributed by atoms with E-state index < -0.39 is 34.3 Å². The van der Waals surface area contributed by atoms with Gasteiger partial charge in [-0.05, 0) is 53.7 Å².